The van der Waals surface area contributed by atoms with E-state index in [0.29, 0.717) is 6.61 Å². The number of ether oxygens (including phenoxy) is 4. The van der Waals surface area contributed by atoms with Crippen molar-refractivity contribution in [2.45, 2.75) is 56.2 Å². The Labute approximate surface area is 149 Å². The van der Waals surface area contributed by atoms with E-state index in [1.807, 2.05) is 30.3 Å². The lowest BCUT2D eigenvalue weighted by molar-refractivity contribution is -0.137. The molecule has 3 fully saturated rings. The predicted octanol–water partition coefficient (Wildman–Crippen LogP) is 2.41. The van der Waals surface area contributed by atoms with Crippen molar-refractivity contribution in [2.24, 2.45) is 11.8 Å². The number of hydrogen-bond acceptors (Lipinski definition) is 5. The number of aliphatic hydroxyl groups is 1. The molecule has 2 heterocycles. The molecule has 5 heteroatoms. The predicted molar refractivity (Wildman–Crippen MR) is 92.6 cm³/mol. The van der Waals surface area contributed by atoms with Crippen molar-refractivity contribution in [3.05, 3.63) is 30.3 Å². The SMILES string of the molecule is CO[C@@H]1[C@H](O)[C@H](C)C[C@]2(CO2)[C@H]1[C@@]1(C)O[C@@H]1CCOc1ccccc1. The molecule has 0 unspecified atom stereocenters. The van der Waals surface area contributed by atoms with Crippen molar-refractivity contribution in [1.29, 1.82) is 0 Å². The third-order valence-corrected chi connectivity index (χ3v) is 6.26. The van der Waals surface area contributed by atoms with E-state index in [-0.39, 0.29) is 35.2 Å². The van der Waals surface area contributed by atoms with Gasteiger partial charge in [-0.25, -0.2) is 0 Å². The van der Waals surface area contributed by atoms with Crippen molar-refractivity contribution in [3.8, 4) is 5.75 Å². The summed E-state index contributed by atoms with van der Waals surface area (Å²) in [6, 6.07) is 9.83. The van der Waals surface area contributed by atoms with E-state index in [1.54, 1.807) is 7.11 Å². The fourth-order valence-electron chi connectivity index (χ4n) is 4.82. The number of methoxy groups -OCH3 is 1. The minimum absolute atomic E-state index is 0.0536. The maximum Gasteiger partial charge on any atom is 0.119 e. The lowest BCUT2D eigenvalue weighted by Gasteiger charge is -2.44. The Morgan fingerprint density at radius 1 is 1.28 bits per heavy atom. The van der Waals surface area contributed by atoms with E-state index in [0.717, 1.165) is 25.2 Å². The Bertz CT molecular complexity index is 601. The van der Waals surface area contributed by atoms with Crippen molar-refractivity contribution in [1.82, 2.24) is 0 Å². The summed E-state index contributed by atoms with van der Waals surface area (Å²) in [6.45, 7) is 5.54. The van der Waals surface area contributed by atoms with Gasteiger partial charge < -0.3 is 24.1 Å². The third-order valence-electron chi connectivity index (χ3n) is 6.26. The molecule has 0 amide bonds. The zero-order valence-corrected chi connectivity index (χ0v) is 15.2. The Kier molecular flexibility index (Phi) is 4.31. The molecule has 1 N–H and O–H groups in total. The molecule has 4 rings (SSSR count). The van der Waals surface area contributed by atoms with Crippen LogP contribution >= 0.6 is 0 Å². The van der Waals surface area contributed by atoms with Crippen molar-refractivity contribution in [2.75, 3.05) is 20.3 Å². The van der Waals surface area contributed by atoms with Gasteiger partial charge in [0.05, 0.1) is 37.4 Å². The van der Waals surface area contributed by atoms with E-state index in [1.165, 1.54) is 0 Å². The molecule has 138 valence electrons. The number of aliphatic hydroxyl groups excluding tert-OH is 1. The second-order valence-electron chi connectivity index (χ2n) is 7.94. The second-order valence-corrected chi connectivity index (χ2v) is 7.94. The van der Waals surface area contributed by atoms with E-state index >= 15 is 0 Å². The topological polar surface area (TPSA) is 63.8 Å². The summed E-state index contributed by atoms with van der Waals surface area (Å²) < 4.78 is 23.5. The first kappa shape index (κ1) is 17.3. The Hall–Kier alpha value is -1.14. The Morgan fingerprint density at radius 3 is 2.64 bits per heavy atom. The molecule has 2 aliphatic heterocycles. The van der Waals surface area contributed by atoms with Crippen molar-refractivity contribution in [3.63, 3.8) is 0 Å². The van der Waals surface area contributed by atoms with E-state index in [2.05, 4.69) is 13.8 Å². The van der Waals surface area contributed by atoms with Gasteiger partial charge in [0.15, 0.2) is 0 Å². The second kappa shape index (κ2) is 6.23. The van der Waals surface area contributed by atoms with Gasteiger partial charge in [0, 0.05) is 13.5 Å². The van der Waals surface area contributed by atoms with Crippen LogP contribution in [-0.4, -0.2) is 54.9 Å². The Balaban J connectivity index is 1.40. The number of epoxide rings is 2. The molecular weight excluding hydrogens is 320 g/mol. The molecule has 1 aromatic rings. The molecule has 25 heavy (non-hydrogen) atoms. The van der Waals surface area contributed by atoms with E-state index in [4.69, 9.17) is 18.9 Å². The number of hydrogen-bond donors (Lipinski definition) is 1. The van der Waals surface area contributed by atoms with Crippen LogP contribution in [0.3, 0.4) is 0 Å². The zero-order valence-electron chi connectivity index (χ0n) is 15.2. The summed E-state index contributed by atoms with van der Waals surface area (Å²) in [5, 5.41) is 10.6. The van der Waals surface area contributed by atoms with Gasteiger partial charge in [-0.2, -0.15) is 0 Å². The lowest BCUT2D eigenvalue weighted by atomic mass is 9.65. The highest BCUT2D eigenvalue weighted by Crippen LogP contribution is 2.60. The monoisotopic (exact) mass is 348 g/mol. The van der Waals surface area contributed by atoms with Gasteiger partial charge in [0.1, 0.15) is 17.0 Å². The van der Waals surface area contributed by atoms with Crippen LogP contribution in [0.5, 0.6) is 5.75 Å². The molecule has 0 aromatic heterocycles. The van der Waals surface area contributed by atoms with Crippen LogP contribution in [0, 0.1) is 11.8 Å². The summed E-state index contributed by atoms with van der Waals surface area (Å²) in [7, 11) is 1.67. The standard InChI is InChI=1S/C20H28O5/c1-13-11-20(12-24-20)18(17(22-3)16(13)21)19(2)15(25-19)9-10-23-14-7-5-4-6-8-14/h4-8,13,15-18,21H,9-12H2,1-3H3/t13-,15-,16-,17-,18-,19+,20+/m1/s1. The van der Waals surface area contributed by atoms with Crippen LogP contribution in [0.2, 0.25) is 0 Å². The molecular formula is C20H28O5. The van der Waals surface area contributed by atoms with Crippen molar-refractivity contribution < 1.29 is 24.1 Å². The van der Waals surface area contributed by atoms with Gasteiger partial charge in [0.25, 0.3) is 0 Å². The fraction of sp³-hybridized carbons (Fsp3) is 0.700. The van der Waals surface area contributed by atoms with Crippen LogP contribution in [0.25, 0.3) is 0 Å². The molecule has 2 saturated heterocycles. The first-order chi connectivity index (χ1) is 12.0. The van der Waals surface area contributed by atoms with Crippen LogP contribution in [-0.2, 0) is 14.2 Å². The zero-order chi connectivity index (χ0) is 17.7. The molecule has 5 nitrogen and oxygen atoms in total. The van der Waals surface area contributed by atoms with E-state index in [9.17, 15) is 5.11 Å². The lowest BCUT2D eigenvalue weighted by Crippen LogP contribution is -2.57. The average molecular weight is 348 g/mol. The quantitative estimate of drug-likeness (QED) is 0.800. The van der Waals surface area contributed by atoms with Crippen molar-refractivity contribution >= 4 is 0 Å². The summed E-state index contributed by atoms with van der Waals surface area (Å²) in [6.07, 6.45) is 1.06. The van der Waals surface area contributed by atoms with Gasteiger partial charge in [-0.05, 0) is 31.4 Å². The Morgan fingerprint density at radius 2 is 2.00 bits per heavy atom. The summed E-state index contributed by atoms with van der Waals surface area (Å²) in [4.78, 5) is 0. The minimum atomic E-state index is -0.480. The molecule has 3 aliphatic rings. The number of benzene rings is 1. The van der Waals surface area contributed by atoms with Gasteiger partial charge >= 0.3 is 0 Å². The summed E-state index contributed by atoms with van der Waals surface area (Å²) in [5.41, 5.74) is -0.512. The first-order valence-corrected chi connectivity index (χ1v) is 9.21. The molecule has 7 atom stereocenters. The van der Waals surface area contributed by atoms with Gasteiger partial charge in [0.2, 0.25) is 0 Å². The first-order valence-electron chi connectivity index (χ1n) is 9.21. The van der Waals surface area contributed by atoms with Gasteiger partial charge in [-0.1, -0.05) is 25.1 Å². The maximum absolute atomic E-state index is 10.6. The fourth-order valence-corrected chi connectivity index (χ4v) is 4.82. The van der Waals surface area contributed by atoms with Crippen LogP contribution in [0.4, 0.5) is 0 Å². The van der Waals surface area contributed by atoms with Crippen LogP contribution in [0.15, 0.2) is 30.3 Å². The normalized spacial score (nSPS) is 45.4. The molecule has 1 spiro atoms. The number of rotatable bonds is 6. The van der Waals surface area contributed by atoms with Gasteiger partial charge in [-0.15, -0.1) is 0 Å². The van der Waals surface area contributed by atoms with Crippen LogP contribution in [0.1, 0.15) is 26.7 Å². The minimum Gasteiger partial charge on any atom is -0.493 e. The number of para-hydroxylation sites is 1. The highest BCUT2D eigenvalue weighted by molar-refractivity contribution is 5.22. The summed E-state index contributed by atoms with van der Waals surface area (Å²) >= 11 is 0. The summed E-state index contributed by atoms with van der Waals surface area (Å²) in [5.74, 6) is 1.10. The highest BCUT2D eigenvalue weighted by atomic mass is 16.6. The molecule has 1 saturated carbocycles. The van der Waals surface area contributed by atoms with Gasteiger partial charge in [-0.3, -0.25) is 0 Å². The smallest absolute Gasteiger partial charge is 0.119 e. The maximum atomic E-state index is 10.6. The molecule has 1 aromatic carbocycles. The molecule has 0 bridgehead atoms. The highest BCUT2D eigenvalue weighted by Gasteiger charge is 2.72. The van der Waals surface area contributed by atoms with E-state index < -0.39 is 6.10 Å². The average Bonchev–Trinajstić information content (AvgIpc) is 3.51. The van der Waals surface area contributed by atoms with Crippen LogP contribution < -0.4 is 4.74 Å². The molecule has 1 aliphatic carbocycles. The largest absolute Gasteiger partial charge is 0.493 e. The molecule has 0 radical (unpaired) electrons. The third kappa shape index (κ3) is 2.97.